The third-order valence-electron chi connectivity index (χ3n) is 6.16. The maximum Gasteiger partial charge on any atom is 0.190 e. The summed E-state index contributed by atoms with van der Waals surface area (Å²) < 4.78 is 0. The monoisotopic (exact) mass is 368 g/mol. The maximum absolute atomic E-state index is 12.5. The van der Waals surface area contributed by atoms with E-state index in [1.165, 1.54) is 76.4 Å². The second-order valence-electron chi connectivity index (χ2n) is 8.23. The summed E-state index contributed by atoms with van der Waals surface area (Å²) in [6, 6.07) is 4.71. The van der Waals surface area contributed by atoms with E-state index in [9.17, 15) is 14.7 Å². The van der Waals surface area contributed by atoms with E-state index in [-0.39, 0.29) is 22.9 Å². The number of rotatable bonds is 9. The zero-order valence-corrected chi connectivity index (χ0v) is 16.3. The minimum absolute atomic E-state index is 0.102. The molecule has 0 saturated heterocycles. The summed E-state index contributed by atoms with van der Waals surface area (Å²) in [5.41, 5.74) is 1.10. The molecule has 1 aromatic carbocycles. The number of hydrogen-bond donors (Lipinski definition) is 1. The number of benzene rings is 1. The van der Waals surface area contributed by atoms with Gasteiger partial charge in [0.15, 0.2) is 11.6 Å². The van der Waals surface area contributed by atoms with Crippen molar-refractivity contribution in [2.24, 2.45) is 5.92 Å². The molecule has 2 aliphatic rings. The number of aromatic hydroxyl groups is 1. The molecular weight excluding hydrogens is 336 g/mol. The molecule has 3 nitrogen and oxygen atoms in total. The van der Waals surface area contributed by atoms with Crippen LogP contribution in [0.15, 0.2) is 29.8 Å². The molecule has 0 atom stereocenters. The zero-order valence-electron chi connectivity index (χ0n) is 16.3. The van der Waals surface area contributed by atoms with Gasteiger partial charge in [0.2, 0.25) is 0 Å². The lowest BCUT2D eigenvalue weighted by Gasteiger charge is -2.21. The van der Waals surface area contributed by atoms with E-state index in [0.29, 0.717) is 17.6 Å². The molecule has 1 N–H and O–H groups in total. The highest BCUT2D eigenvalue weighted by Crippen LogP contribution is 2.30. The van der Waals surface area contributed by atoms with Crippen LogP contribution in [-0.4, -0.2) is 16.7 Å². The van der Waals surface area contributed by atoms with E-state index in [0.717, 1.165) is 18.8 Å². The average molecular weight is 369 g/mol. The van der Waals surface area contributed by atoms with Gasteiger partial charge in [-0.2, -0.15) is 0 Å². The summed E-state index contributed by atoms with van der Waals surface area (Å²) in [7, 11) is 0. The second kappa shape index (κ2) is 9.87. The number of phenols is 1. The van der Waals surface area contributed by atoms with Crippen LogP contribution < -0.4 is 0 Å². The zero-order chi connectivity index (χ0) is 19.1. The molecule has 0 radical (unpaired) electrons. The molecule has 1 aromatic rings. The van der Waals surface area contributed by atoms with E-state index in [1.807, 2.05) is 0 Å². The van der Waals surface area contributed by atoms with Crippen LogP contribution in [0.4, 0.5) is 0 Å². The lowest BCUT2D eigenvalue weighted by molar-refractivity contribution is 0.0979. The van der Waals surface area contributed by atoms with Gasteiger partial charge in [-0.25, -0.2) is 0 Å². The standard InChI is InChI=1S/C24H32O3/c25-21-16-10-15-20-23(21)22(26)17-19(24(20)27)14-9-4-2-1-3-6-11-18-12-7-5-8-13-18/h10,15-18,25H,1-9,11-14H2. The fourth-order valence-corrected chi connectivity index (χ4v) is 4.57. The van der Waals surface area contributed by atoms with Crippen LogP contribution in [0.5, 0.6) is 5.75 Å². The van der Waals surface area contributed by atoms with Gasteiger partial charge in [-0.3, -0.25) is 9.59 Å². The molecule has 1 saturated carbocycles. The lowest BCUT2D eigenvalue weighted by atomic mass is 9.85. The first kappa shape index (κ1) is 19.9. The summed E-state index contributed by atoms with van der Waals surface area (Å²) >= 11 is 0. The molecule has 0 amide bonds. The fraction of sp³-hybridized carbons (Fsp3) is 0.583. The van der Waals surface area contributed by atoms with Crippen LogP contribution in [0.25, 0.3) is 0 Å². The highest BCUT2D eigenvalue weighted by molar-refractivity contribution is 6.25. The molecule has 1 fully saturated rings. The number of allylic oxidation sites excluding steroid dienone is 2. The Kier molecular flexibility index (Phi) is 7.25. The van der Waals surface area contributed by atoms with Gasteiger partial charge < -0.3 is 5.11 Å². The summed E-state index contributed by atoms with van der Waals surface area (Å²) in [5, 5.41) is 9.83. The Morgan fingerprint density at radius 3 is 2.37 bits per heavy atom. The van der Waals surface area contributed by atoms with Gasteiger partial charge in [-0.1, -0.05) is 82.8 Å². The molecule has 0 aliphatic heterocycles. The van der Waals surface area contributed by atoms with E-state index in [2.05, 4.69) is 0 Å². The maximum atomic E-state index is 12.5. The van der Waals surface area contributed by atoms with Gasteiger partial charge in [-0.15, -0.1) is 0 Å². The van der Waals surface area contributed by atoms with Crippen LogP contribution in [0.3, 0.4) is 0 Å². The second-order valence-corrected chi connectivity index (χ2v) is 8.23. The number of unbranched alkanes of at least 4 members (excludes halogenated alkanes) is 5. The van der Waals surface area contributed by atoms with Crippen molar-refractivity contribution in [2.45, 2.75) is 83.5 Å². The van der Waals surface area contributed by atoms with Crippen molar-refractivity contribution < 1.29 is 14.7 Å². The number of ketones is 2. The molecule has 3 heteroatoms. The van der Waals surface area contributed by atoms with Crippen LogP contribution in [0.1, 0.15) is 104 Å². The number of Topliss-reactive ketones (excluding diaryl/α,β-unsaturated/α-hetero) is 1. The van der Waals surface area contributed by atoms with E-state index in [4.69, 9.17) is 0 Å². The predicted molar refractivity (Wildman–Crippen MR) is 108 cm³/mol. The molecule has 0 spiro atoms. The Labute approximate surface area is 162 Å². The van der Waals surface area contributed by atoms with Gasteiger partial charge in [0.1, 0.15) is 5.75 Å². The molecule has 3 rings (SSSR count). The van der Waals surface area contributed by atoms with E-state index in [1.54, 1.807) is 12.1 Å². The quantitative estimate of drug-likeness (QED) is 0.513. The molecule has 0 aromatic heterocycles. The minimum Gasteiger partial charge on any atom is -0.507 e. The Bertz CT molecular complexity index is 696. The summed E-state index contributed by atoms with van der Waals surface area (Å²) in [6.07, 6.45) is 17.9. The normalized spacial score (nSPS) is 17.7. The van der Waals surface area contributed by atoms with Crippen molar-refractivity contribution in [1.29, 1.82) is 0 Å². The summed E-state index contributed by atoms with van der Waals surface area (Å²) in [4.78, 5) is 24.7. The number of carbonyl (C=O) groups is 2. The van der Waals surface area contributed by atoms with Crippen molar-refractivity contribution in [2.75, 3.05) is 0 Å². The van der Waals surface area contributed by atoms with Crippen molar-refractivity contribution in [3.8, 4) is 5.75 Å². The molecule has 0 bridgehead atoms. The van der Waals surface area contributed by atoms with Gasteiger partial charge in [0, 0.05) is 11.1 Å². The highest BCUT2D eigenvalue weighted by atomic mass is 16.3. The smallest absolute Gasteiger partial charge is 0.190 e. The average Bonchev–Trinajstić information content (AvgIpc) is 2.68. The molecule has 27 heavy (non-hydrogen) atoms. The number of carbonyl (C=O) groups excluding carboxylic acids is 2. The predicted octanol–water partition coefficient (Wildman–Crippen LogP) is 6.40. The van der Waals surface area contributed by atoms with Crippen LogP contribution in [0, 0.1) is 5.92 Å². The minimum atomic E-state index is -0.250. The van der Waals surface area contributed by atoms with Crippen molar-refractivity contribution in [3.05, 3.63) is 41.0 Å². The third kappa shape index (κ3) is 5.31. The lowest BCUT2D eigenvalue weighted by Crippen LogP contribution is -2.17. The number of fused-ring (bicyclic) bond motifs is 1. The SMILES string of the molecule is O=C1C(CCCCCCCCC2CCCCC2)=CC(=O)c2c(O)cccc21. The van der Waals surface area contributed by atoms with Gasteiger partial charge in [-0.05, 0) is 30.9 Å². The Morgan fingerprint density at radius 2 is 1.59 bits per heavy atom. The largest absolute Gasteiger partial charge is 0.507 e. The fourth-order valence-electron chi connectivity index (χ4n) is 4.57. The number of hydrogen-bond acceptors (Lipinski definition) is 3. The van der Waals surface area contributed by atoms with Crippen LogP contribution in [-0.2, 0) is 0 Å². The number of phenolic OH excluding ortho intramolecular Hbond substituents is 1. The van der Waals surface area contributed by atoms with Gasteiger partial charge in [0.05, 0.1) is 5.56 Å². The highest BCUT2D eigenvalue weighted by Gasteiger charge is 2.27. The Balaban J connectivity index is 1.33. The van der Waals surface area contributed by atoms with E-state index >= 15 is 0 Å². The van der Waals surface area contributed by atoms with Gasteiger partial charge in [0.25, 0.3) is 0 Å². The van der Waals surface area contributed by atoms with Crippen LogP contribution in [0.2, 0.25) is 0 Å². The summed E-state index contributed by atoms with van der Waals surface area (Å²) in [6.45, 7) is 0. The Morgan fingerprint density at radius 1 is 0.889 bits per heavy atom. The third-order valence-corrected chi connectivity index (χ3v) is 6.16. The van der Waals surface area contributed by atoms with Crippen molar-refractivity contribution >= 4 is 11.6 Å². The molecule has 0 heterocycles. The molecular formula is C24H32O3. The summed E-state index contributed by atoms with van der Waals surface area (Å²) in [5.74, 6) is 0.533. The first-order valence-electron chi connectivity index (χ1n) is 10.8. The first-order valence-corrected chi connectivity index (χ1v) is 10.8. The molecule has 2 aliphatic carbocycles. The Hall–Kier alpha value is -1.90. The van der Waals surface area contributed by atoms with Crippen molar-refractivity contribution in [3.63, 3.8) is 0 Å². The molecule has 146 valence electrons. The van der Waals surface area contributed by atoms with E-state index < -0.39 is 0 Å². The topological polar surface area (TPSA) is 54.4 Å². The van der Waals surface area contributed by atoms with Crippen LogP contribution >= 0.6 is 0 Å². The van der Waals surface area contributed by atoms with Crippen molar-refractivity contribution in [1.82, 2.24) is 0 Å². The molecule has 0 unspecified atom stereocenters. The van der Waals surface area contributed by atoms with Gasteiger partial charge >= 0.3 is 0 Å². The first-order chi connectivity index (χ1) is 13.2.